The Balaban J connectivity index is 2.32. The molecule has 0 unspecified atom stereocenters. The summed E-state index contributed by atoms with van der Waals surface area (Å²) in [5.41, 5.74) is 1.09. The number of ether oxygens (including phenoxy) is 4. The fraction of sp³-hybridized carbons (Fsp3) is 0.333. The molecule has 0 N–H and O–H groups in total. The second kappa shape index (κ2) is 8.11. The number of sulfone groups is 1. The topological polar surface area (TPSA) is 71.1 Å². The van der Waals surface area contributed by atoms with Crippen molar-refractivity contribution in [3.8, 4) is 23.0 Å². The predicted molar refractivity (Wildman–Crippen MR) is 95.4 cm³/mol. The van der Waals surface area contributed by atoms with Gasteiger partial charge < -0.3 is 18.9 Å². The molecule has 0 aromatic heterocycles. The molecule has 2 aromatic carbocycles. The normalized spacial score (nSPS) is 11.0. The molecule has 0 bridgehead atoms. The smallest absolute Gasteiger partial charge is 0.158 e. The lowest BCUT2D eigenvalue weighted by Gasteiger charge is -2.13. The van der Waals surface area contributed by atoms with E-state index in [2.05, 4.69) is 0 Å². The number of methoxy groups -OCH3 is 4. The third-order valence-electron chi connectivity index (χ3n) is 3.73. The second-order valence-electron chi connectivity index (χ2n) is 5.39. The molecule has 7 heteroatoms. The molecule has 0 fully saturated rings. The zero-order valence-electron chi connectivity index (χ0n) is 14.7. The van der Waals surface area contributed by atoms with E-state index >= 15 is 0 Å². The lowest BCUT2D eigenvalue weighted by atomic mass is 10.2. The van der Waals surface area contributed by atoms with Crippen molar-refractivity contribution in [3.63, 3.8) is 0 Å². The van der Waals surface area contributed by atoms with Gasteiger partial charge in [-0.15, -0.1) is 0 Å². The molecule has 0 aliphatic rings. The molecule has 136 valence electrons. The minimum atomic E-state index is -3.47. The van der Waals surface area contributed by atoms with Gasteiger partial charge in [0.15, 0.2) is 9.84 Å². The average molecular weight is 366 g/mol. The van der Waals surface area contributed by atoms with Crippen molar-refractivity contribution in [1.82, 2.24) is 0 Å². The van der Waals surface area contributed by atoms with Crippen LogP contribution < -0.4 is 18.9 Å². The van der Waals surface area contributed by atoms with Crippen molar-refractivity contribution in [2.45, 2.75) is 11.5 Å². The van der Waals surface area contributed by atoms with Gasteiger partial charge in [0.05, 0.1) is 39.9 Å². The van der Waals surface area contributed by atoms with Crippen LogP contribution in [-0.2, 0) is 21.3 Å². The maximum Gasteiger partial charge on any atom is 0.158 e. The summed E-state index contributed by atoms with van der Waals surface area (Å²) >= 11 is 0. The Morgan fingerprint density at radius 1 is 0.680 bits per heavy atom. The number of rotatable bonds is 8. The highest BCUT2D eigenvalue weighted by atomic mass is 32.2. The first kappa shape index (κ1) is 18.9. The van der Waals surface area contributed by atoms with Gasteiger partial charge in [0, 0.05) is 11.1 Å². The van der Waals surface area contributed by atoms with Crippen molar-refractivity contribution >= 4 is 9.84 Å². The van der Waals surface area contributed by atoms with Crippen LogP contribution in [0.4, 0.5) is 0 Å². The minimum Gasteiger partial charge on any atom is -0.497 e. The summed E-state index contributed by atoms with van der Waals surface area (Å²) in [5.74, 6) is 1.81. The van der Waals surface area contributed by atoms with Gasteiger partial charge in [-0.2, -0.15) is 0 Å². The number of benzene rings is 2. The highest BCUT2D eigenvalue weighted by Crippen LogP contribution is 2.29. The highest BCUT2D eigenvalue weighted by molar-refractivity contribution is 7.89. The molecule has 0 radical (unpaired) electrons. The fourth-order valence-electron chi connectivity index (χ4n) is 2.51. The molecule has 6 nitrogen and oxygen atoms in total. The molecule has 0 spiro atoms. The van der Waals surface area contributed by atoms with Crippen LogP contribution in [0.2, 0.25) is 0 Å². The minimum absolute atomic E-state index is 0.173. The van der Waals surface area contributed by atoms with Crippen molar-refractivity contribution in [1.29, 1.82) is 0 Å². The van der Waals surface area contributed by atoms with E-state index in [0.717, 1.165) is 0 Å². The Hall–Kier alpha value is -2.41. The molecule has 2 rings (SSSR count). The summed E-state index contributed by atoms with van der Waals surface area (Å²) < 4.78 is 46.3. The van der Waals surface area contributed by atoms with Gasteiger partial charge in [-0.05, 0) is 36.4 Å². The van der Waals surface area contributed by atoms with Crippen LogP contribution in [-0.4, -0.2) is 36.9 Å². The molecule has 0 amide bonds. The van der Waals surface area contributed by atoms with Gasteiger partial charge in [-0.3, -0.25) is 0 Å². The van der Waals surface area contributed by atoms with Crippen LogP contribution in [0.5, 0.6) is 23.0 Å². The fourth-order valence-corrected chi connectivity index (χ4v) is 4.02. The molecule has 0 saturated carbocycles. The van der Waals surface area contributed by atoms with Crippen LogP contribution in [0, 0.1) is 0 Å². The second-order valence-corrected chi connectivity index (χ2v) is 7.45. The van der Waals surface area contributed by atoms with Crippen molar-refractivity contribution in [2.75, 3.05) is 28.4 Å². The number of hydrogen-bond donors (Lipinski definition) is 0. The van der Waals surface area contributed by atoms with Gasteiger partial charge in [-0.1, -0.05) is 0 Å². The lowest BCUT2D eigenvalue weighted by Crippen LogP contribution is -2.10. The zero-order valence-corrected chi connectivity index (χ0v) is 15.6. The van der Waals surface area contributed by atoms with Crippen LogP contribution in [0.15, 0.2) is 36.4 Å². The summed E-state index contributed by atoms with van der Waals surface area (Å²) in [6.45, 7) is 0. The first-order valence-electron chi connectivity index (χ1n) is 7.54. The Morgan fingerprint density at radius 2 is 1.08 bits per heavy atom. The van der Waals surface area contributed by atoms with E-state index in [1.54, 1.807) is 36.4 Å². The van der Waals surface area contributed by atoms with E-state index < -0.39 is 9.84 Å². The van der Waals surface area contributed by atoms with Crippen molar-refractivity contribution in [2.24, 2.45) is 0 Å². The molecule has 0 aliphatic heterocycles. The third-order valence-corrected chi connectivity index (χ3v) is 5.23. The van der Waals surface area contributed by atoms with E-state index in [1.165, 1.54) is 28.4 Å². The molecular weight excluding hydrogens is 344 g/mol. The highest BCUT2D eigenvalue weighted by Gasteiger charge is 2.19. The largest absolute Gasteiger partial charge is 0.497 e. The lowest BCUT2D eigenvalue weighted by molar-refractivity contribution is 0.399. The number of hydrogen-bond acceptors (Lipinski definition) is 6. The Labute approximate surface area is 148 Å². The Morgan fingerprint density at radius 3 is 1.40 bits per heavy atom. The van der Waals surface area contributed by atoms with Gasteiger partial charge in [0.1, 0.15) is 23.0 Å². The quantitative estimate of drug-likeness (QED) is 0.715. The van der Waals surface area contributed by atoms with Crippen LogP contribution in [0.25, 0.3) is 0 Å². The summed E-state index contributed by atoms with van der Waals surface area (Å²) in [5, 5.41) is 0. The SMILES string of the molecule is COc1ccc(OC)c(CS(=O)(=O)Cc2cc(OC)ccc2OC)c1. The van der Waals surface area contributed by atoms with Gasteiger partial charge in [0.25, 0.3) is 0 Å². The van der Waals surface area contributed by atoms with Crippen molar-refractivity contribution in [3.05, 3.63) is 47.5 Å². The first-order chi connectivity index (χ1) is 11.9. The molecule has 2 aromatic rings. The summed E-state index contributed by atoms with van der Waals surface area (Å²) in [4.78, 5) is 0. The van der Waals surface area contributed by atoms with E-state index in [0.29, 0.717) is 34.1 Å². The molecule has 0 aliphatic carbocycles. The third kappa shape index (κ3) is 4.79. The maximum atomic E-state index is 12.7. The summed E-state index contributed by atoms with van der Waals surface area (Å²) in [7, 11) is 2.59. The van der Waals surface area contributed by atoms with Crippen LogP contribution >= 0.6 is 0 Å². The van der Waals surface area contributed by atoms with Crippen LogP contribution in [0.1, 0.15) is 11.1 Å². The van der Waals surface area contributed by atoms with E-state index in [-0.39, 0.29) is 11.5 Å². The monoisotopic (exact) mass is 366 g/mol. The summed E-state index contributed by atoms with van der Waals surface area (Å²) in [6, 6.07) is 10.2. The molecule has 0 saturated heterocycles. The Bertz CT molecular complexity index is 766. The zero-order chi connectivity index (χ0) is 18.4. The standard InChI is InChI=1S/C18H22O6S/c1-21-15-5-7-17(23-3)13(9-15)11-25(19,20)12-14-10-16(22-2)6-8-18(14)24-4/h5-10H,11-12H2,1-4H3. The van der Waals surface area contributed by atoms with Crippen LogP contribution in [0.3, 0.4) is 0 Å². The van der Waals surface area contributed by atoms with Gasteiger partial charge >= 0.3 is 0 Å². The van der Waals surface area contributed by atoms with Gasteiger partial charge in [0.2, 0.25) is 0 Å². The summed E-state index contributed by atoms with van der Waals surface area (Å²) in [6.07, 6.45) is 0. The molecule has 0 atom stereocenters. The maximum absolute atomic E-state index is 12.7. The first-order valence-corrected chi connectivity index (χ1v) is 9.36. The molecular formula is C18H22O6S. The van der Waals surface area contributed by atoms with Gasteiger partial charge in [-0.25, -0.2) is 8.42 Å². The van der Waals surface area contributed by atoms with Crippen molar-refractivity contribution < 1.29 is 27.4 Å². The average Bonchev–Trinajstić information content (AvgIpc) is 2.60. The van der Waals surface area contributed by atoms with E-state index in [4.69, 9.17) is 18.9 Å². The molecule has 0 heterocycles. The Kier molecular flexibility index (Phi) is 6.14. The molecule has 25 heavy (non-hydrogen) atoms. The van der Waals surface area contributed by atoms with E-state index in [1.807, 2.05) is 0 Å². The predicted octanol–water partition coefficient (Wildman–Crippen LogP) is 2.84. The van der Waals surface area contributed by atoms with E-state index in [9.17, 15) is 8.42 Å².